The molecule has 1 aromatic carbocycles. The Balaban J connectivity index is 1.97. The fraction of sp³-hybridized carbons (Fsp3) is 0.571. The molecule has 0 spiro atoms. The molecular weight excluding hydrogens is 442 g/mol. The summed E-state index contributed by atoms with van der Waals surface area (Å²) in [6.45, 7) is 9.02. The Bertz CT molecular complexity index is 1050. The van der Waals surface area contributed by atoms with Crippen LogP contribution in [0.5, 0.6) is 0 Å². The minimum Gasteiger partial charge on any atom is -0.396 e. The first-order chi connectivity index (χ1) is 16.7. The summed E-state index contributed by atoms with van der Waals surface area (Å²) in [6.07, 6.45) is 8.40. The molecule has 2 N–H and O–H groups in total. The summed E-state index contributed by atoms with van der Waals surface area (Å²) in [5, 5.41) is 19.6. The van der Waals surface area contributed by atoms with Crippen molar-refractivity contribution in [3.05, 3.63) is 41.8 Å². The lowest BCUT2D eigenvalue weighted by Gasteiger charge is -2.25. The molecule has 0 saturated carbocycles. The van der Waals surface area contributed by atoms with E-state index in [1.54, 1.807) is 0 Å². The Kier molecular flexibility index (Phi) is 11.3. The van der Waals surface area contributed by atoms with E-state index in [1.165, 1.54) is 46.3 Å². The Morgan fingerprint density at radius 1 is 0.824 bits per heavy atom. The zero-order chi connectivity index (χ0) is 24.2. The summed E-state index contributed by atoms with van der Waals surface area (Å²) < 4.78 is 3.67. The van der Waals surface area contributed by atoms with Crippen LogP contribution in [-0.2, 0) is 0 Å². The van der Waals surface area contributed by atoms with Gasteiger partial charge in [-0.15, -0.1) is 11.3 Å². The van der Waals surface area contributed by atoms with Crippen LogP contribution in [0, 0.1) is 0 Å². The number of anilines is 1. The second-order valence-corrected chi connectivity index (χ2v) is 10.1. The van der Waals surface area contributed by atoms with E-state index >= 15 is 0 Å². The fourth-order valence-electron chi connectivity index (χ4n) is 4.26. The summed E-state index contributed by atoms with van der Waals surface area (Å²) in [6, 6.07) is 13.3. The van der Waals surface area contributed by atoms with Crippen molar-refractivity contribution < 1.29 is 10.2 Å². The van der Waals surface area contributed by atoms with Crippen molar-refractivity contribution in [2.24, 2.45) is 0 Å². The Labute approximate surface area is 208 Å². The summed E-state index contributed by atoms with van der Waals surface area (Å²) in [4.78, 5) is 8.63. The van der Waals surface area contributed by atoms with Gasteiger partial charge in [-0.1, -0.05) is 26.7 Å². The predicted molar refractivity (Wildman–Crippen MR) is 146 cm³/mol. The van der Waals surface area contributed by atoms with Gasteiger partial charge in [0.2, 0.25) is 5.36 Å². The monoisotopic (exact) mass is 484 g/mol. The summed E-state index contributed by atoms with van der Waals surface area (Å²) in [5.74, 6) is 0. The third kappa shape index (κ3) is 7.49. The van der Waals surface area contributed by atoms with Crippen molar-refractivity contribution in [2.75, 3.05) is 44.3 Å². The zero-order valence-corrected chi connectivity index (χ0v) is 21.8. The minimum atomic E-state index is 0.259. The highest BCUT2D eigenvalue weighted by Gasteiger charge is 2.13. The van der Waals surface area contributed by atoms with Crippen LogP contribution in [0.25, 0.3) is 20.8 Å². The molecule has 2 aliphatic rings. The summed E-state index contributed by atoms with van der Waals surface area (Å²) in [5.41, 5.74) is 3.34. The molecular formula is C28H42N3O2S+. The molecule has 1 aliphatic carbocycles. The Morgan fingerprint density at radius 3 is 2.32 bits per heavy atom. The second-order valence-electron chi connectivity index (χ2n) is 9.06. The first-order valence-corrected chi connectivity index (χ1v) is 13.9. The minimum absolute atomic E-state index is 0.259. The molecule has 6 heteroatoms. The van der Waals surface area contributed by atoms with Gasteiger partial charge in [-0.05, 0) is 49.9 Å². The first-order valence-electron chi connectivity index (χ1n) is 13.1. The van der Waals surface area contributed by atoms with Crippen molar-refractivity contribution in [3.63, 3.8) is 0 Å². The quantitative estimate of drug-likeness (QED) is 0.178. The summed E-state index contributed by atoms with van der Waals surface area (Å²) >= 11 is 1.82. The maximum Gasteiger partial charge on any atom is 0.201 e. The standard InChI is InChI=1S/C28H42N3O2S/c1-3-5-15-30(17-7-9-19-32)23-11-13-25-27(21-23)34-28-22-24(12-14-26(28)29-25)31(16-6-4-2)18-8-10-20-33/h11-14,21-22,32-33H,3-10,15-20H2,1-2H3/q+1. The smallest absolute Gasteiger partial charge is 0.201 e. The van der Waals surface area contributed by atoms with Gasteiger partial charge in [0, 0.05) is 57.0 Å². The molecule has 0 fully saturated rings. The van der Waals surface area contributed by atoms with Crippen molar-refractivity contribution >= 4 is 27.2 Å². The van der Waals surface area contributed by atoms with Crippen molar-refractivity contribution in [2.45, 2.75) is 65.2 Å². The molecule has 1 aliphatic heterocycles. The third-order valence-electron chi connectivity index (χ3n) is 6.31. The number of rotatable bonds is 15. The highest BCUT2D eigenvalue weighted by atomic mass is 32.1. The maximum absolute atomic E-state index is 9.20. The van der Waals surface area contributed by atoms with E-state index in [0.717, 1.165) is 63.1 Å². The van der Waals surface area contributed by atoms with Gasteiger partial charge < -0.3 is 15.1 Å². The van der Waals surface area contributed by atoms with Gasteiger partial charge in [-0.25, -0.2) is 9.56 Å². The van der Waals surface area contributed by atoms with Crippen LogP contribution >= 0.6 is 11.3 Å². The van der Waals surface area contributed by atoms with Gasteiger partial charge in [0.25, 0.3) is 0 Å². The van der Waals surface area contributed by atoms with Crippen LogP contribution in [0.2, 0.25) is 0 Å². The molecule has 34 heavy (non-hydrogen) atoms. The molecule has 0 aromatic heterocycles. The van der Waals surface area contributed by atoms with E-state index in [2.05, 4.69) is 59.7 Å². The lowest BCUT2D eigenvalue weighted by molar-refractivity contribution is 0.282. The molecule has 0 bridgehead atoms. The number of hydrogen-bond donors (Lipinski definition) is 2. The topological polar surface area (TPSA) is 59.6 Å². The van der Waals surface area contributed by atoms with E-state index < -0.39 is 0 Å². The average molecular weight is 485 g/mol. The SMILES string of the molecule is CCCCN(CCCCO)c1ccc2nc3ccc(=[N+](CCCC)CCCCO)cc-3sc2c1. The number of aliphatic hydroxyl groups is 2. The number of aromatic nitrogens is 1. The maximum atomic E-state index is 9.20. The molecule has 186 valence electrons. The van der Waals surface area contributed by atoms with E-state index in [4.69, 9.17) is 4.98 Å². The van der Waals surface area contributed by atoms with Crippen molar-refractivity contribution in [1.29, 1.82) is 0 Å². The highest BCUT2D eigenvalue weighted by Crippen LogP contribution is 2.32. The van der Waals surface area contributed by atoms with Crippen LogP contribution in [0.15, 0.2) is 36.4 Å². The van der Waals surface area contributed by atoms with Crippen LogP contribution < -0.4 is 14.8 Å². The molecule has 0 unspecified atom stereocenters. The molecule has 0 amide bonds. The van der Waals surface area contributed by atoms with Gasteiger partial charge in [-0.2, -0.15) is 0 Å². The van der Waals surface area contributed by atoms with E-state index in [9.17, 15) is 10.2 Å². The fourth-order valence-corrected chi connectivity index (χ4v) is 5.30. The molecule has 0 atom stereocenters. The van der Waals surface area contributed by atoms with Gasteiger partial charge in [0.15, 0.2) is 0 Å². The first kappa shape index (κ1) is 26.6. The number of aliphatic hydroxyl groups excluding tert-OH is 2. The van der Waals surface area contributed by atoms with Gasteiger partial charge in [0.1, 0.15) is 13.1 Å². The zero-order valence-electron chi connectivity index (χ0n) is 21.0. The molecule has 5 nitrogen and oxygen atoms in total. The van der Waals surface area contributed by atoms with Gasteiger partial charge in [0.05, 0.1) is 20.8 Å². The van der Waals surface area contributed by atoms with Gasteiger partial charge in [-0.3, -0.25) is 0 Å². The molecule has 1 aromatic rings. The van der Waals surface area contributed by atoms with E-state index in [1.807, 2.05) is 11.3 Å². The third-order valence-corrected chi connectivity index (χ3v) is 7.41. The lowest BCUT2D eigenvalue weighted by Crippen LogP contribution is -2.32. The highest BCUT2D eigenvalue weighted by molar-refractivity contribution is 7.21. The lowest BCUT2D eigenvalue weighted by atomic mass is 10.2. The van der Waals surface area contributed by atoms with Crippen LogP contribution in [-0.4, -0.2) is 54.6 Å². The van der Waals surface area contributed by atoms with Crippen LogP contribution in [0.3, 0.4) is 0 Å². The number of nitrogens with zero attached hydrogens (tertiary/aromatic N) is 3. The molecule has 3 rings (SSSR count). The van der Waals surface area contributed by atoms with Gasteiger partial charge >= 0.3 is 0 Å². The van der Waals surface area contributed by atoms with Crippen LogP contribution in [0.1, 0.15) is 65.2 Å². The second kappa shape index (κ2) is 14.4. The van der Waals surface area contributed by atoms with E-state index in [-0.39, 0.29) is 13.2 Å². The Hall–Kier alpha value is -2.02. The number of fused-ring (bicyclic) bond motifs is 2. The molecule has 1 heterocycles. The van der Waals surface area contributed by atoms with Crippen LogP contribution in [0.4, 0.5) is 5.69 Å². The van der Waals surface area contributed by atoms with E-state index in [0.29, 0.717) is 0 Å². The summed E-state index contributed by atoms with van der Waals surface area (Å²) in [7, 11) is 0. The number of hydrogen-bond acceptors (Lipinski definition) is 5. The normalized spacial score (nSPS) is 12.5. The number of benzene rings is 2. The van der Waals surface area contributed by atoms with Crippen molar-refractivity contribution in [1.82, 2.24) is 9.56 Å². The molecule has 0 saturated heterocycles. The van der Waals surface area contributed by atoms with Crippen molar-refractivity contribution in [3.8, 4) is 10.6 Å². The average Bonchev–Trinajstić information content (AvgIpc) is 2.86. The Morgan fingerprint density at radius 2 is 1.56 bits per heavy atom. The molecule has 0 radical (unpaired) electrons. The number of unbranched alkanes of at least 4 members (excludes halogenated alkanes) is 4. The predicted octanol–water partition coefficient (Wildman–Crippen LogP) is 5.12. The largest absolute Gasteiger partial charge is 0.396 e.